The molecule has 1 aromatic heterocycles. The Morgan fingerprint density at radius 2 is 2.45 bits per heavy atom. The van der Waals surface area contributed by atoms with Gasteiger partial charge in [-0.05, 0) is 42.2 Å². The van der Waals surface area contributed by atoms with E-state index in [2.05, 4.69) is 0 Å². The van der Waals surface area contributed by atoms with Gasteiger partial charge in [-0.25, -0.2) is 0 Å². The highest BCUT2D eigenvalue weighted by Gasteiger charge is 2.44. The first-order valence-electron chi connectivity index (χ1n) is 7.33. The van der Waals surface area contributed by atoms with Gasteiger partial charge in [0.25, 0.3) is 0 Å². The lowest BCUT2D eigenvalue weighted by atomic mass is 10.1. The van der Waals surface area contributed by atoms with E-state index in [0.29, 0.717) is 26.2 Å². The summed E-state index contributed by atoms with van der Waals surface area (Å²) in [5.74, 6) is 0.221. The second kappa shape index (κ2) is 6.24. The molecule has 5 heteroatoms. The number of amides is 1. The fraction of sp³-hybridized carbons (Fsp3) is 0.667. The second-order valence-corrected chi connectivity index (χ2v) is 6.15. The molecule has 2 heterocycles. The summed E-state index contributed by atoms with van der Waals surface area (Å²) < 4.78 is 11.6. The van der Waals surface area contributed by atoms with Gasteiger partial charge in [0.15, 0.2) is 0 Å². The highest BCUT2D eigenvalue weighted by Crippen LogP contribution is 2.32. The quantitative estimate of drug-likeness (QED) is 0.854. The van der Waals surface area contributed by atoms with E-state index in [4.69, 9.17) is 9.47 Å². The number of hydrogen-bond donors (Lipinski definition) is 0. The largest absolute Gasteiger partial charge is 0.376 e. The highest BCUT2D eigenvalue weighted by molar-refractivity contribution is 7.07. The molecule has 2 aliphatic rings. The number of fused-ring (bicyclic) bond motifs is 1. The molecule has 3 atom stereocenters. The van der Waals surface area contributed by atoms with Gasteiger partial charge in [-0.15, -0.1) is 0 Å². The zero-order valence-corrected chi connectivity index (χ0v) is 12.6. The number of carbonyl (C=O) groups is 1. The number of carbonyl (C=O) groups excluding carboxylic acids is 1. The average molecular weight is 295 g/mol. The van der Waals surface area contributed by atoms with Crippen LogP contribution in [0.25, 0.3) is 0 Å². The van der Waals surface area contributed by atoms with Crippen LogP contribution in [0.1, 0.15) is 25.3 Å². The first-order chi connectivity index (χ1) is 9.79. The summed E-state index contributed by atoms with van der Waals surface area (Å²) in [6, 6.07) is 2.23. The fourth-order valence-corrected chi connectivity index (χ4v) is 3.96. The molecule has 4 nitrogen and oxygen atoms in total. The SMILES string of the molecule is CCO[C@H]1CC[C@H]2[C@@H]1OCCN2C(=O)Cc1ccsc1. The third kappa shape index (κ3) is 2.75. The molecule has 20 heavy (non-hydrogen) atoms. The summed E-state index contributed by atoms with van der Waals surface area (Å²) in [7, 11) is 0. The van der Waals surface area contributed by atoms with Crippen molar-refractivity contribution in [2.75, 3.05) is 19.8 Å². The van der Waals surface area contributed by atoms with Crippen LogP contribution in [0.3, 0.4) is 0 Å². The molecule has 0 radical (unpaired) electrons. The van der Waals surface area contributed by atoms with Gasteiger partial charge in [-0.3, -0.25) is 4.79 Å². The van der Waals surface area contributed by atoms with Gasteiger partial charge < -0.3 is 14.4 Å². The van der Waals surface area contributed by atoms with Crippen LogP contribution in [0.15, 0.2) is 16.8 Å². The topological polar surface area (TPSA) is 38.8 Å². The van der Waals surface area contributed by atoms with Crippen LogP contribution in [0.5, 0.6) is 0 Å². The van der Waals surface area contributed by atoms with Crippen molar-refractivity contribution in [3.8, 4) is 0 Å². The Kier molecular flexibility index (Phi) is 4.38. The molecular weight excluding hydrogens is 274 g/mol. The summed E-state index contributed by atoms with van der Waals surface area (Å²) in [4.78, 5) is 14.5. The number of hydrogen-bond acceptors (Lipinski definition) is 4. The lowest BCUT2D eigenvalue weighted by molar-refractivity contribution is -0.150. The zero-order chi connectivity index (χ0) is 13.9. The van der Waals surface area contributed by atoms with E-state index in [1.54, 1.807) is 11.3 Å². The number of morpholine rings is 1. The minimum Gasteiger partial charge on any atom is -0.376 e. The molecule has 1 aliphatic carbocycles. The van der Waals surface area contributed by atoms with E-state index in [-0.39, 0.29) is 24.2 Å². The van der Waals surface area contributed by atoms with Crippen molar-refractivity contribution in [1.82, 2.24) is 4.90 Å². The number of rotatable bonds is 4. The van der Waals surface area contributed by atoms with E-state index in [9.17, 15) is 4.79 Å². The third-order valence-corrected chi connectivity index (χ3v) is 4.90. The van der Waals surface area contributed by atoms with Crippen molar-refractivity contribution in [2.45, 2.75) is 44.4 Å². The first kappa shape index (κ1) is 14.0. The number of nitrogens with zero attached hydrogens (tertiary/aromatic N) is 1. The van der Waals surface area contributed by atoms with Crippen LogP contribution in [0.4, 0.5) is 0 Å². The molecule has 0 N–H and O–H groups in total. The van der Waals surface area contributed by atoms with Crippen LogP contribution in [-0.2, 0) is 20.7 Å². The minimum absolute atomic E-state index is 0.0649. The third-order valence-electron chi connectivity index (χ3n) is 4.17. The first-order valence-corrected chi connectivity index (χ1v) is 8.27. The Bertz CT molecular complexity index is 448. The normalized spacial score (nSPS) is 29.4. The predicted octanol–water partition coefficient (Wildman–Crippen LogP) is 2.09. The Hall–Kier alpha value is -0.910. The minimum atomic E-state index is 0.0649. The summed E-state index contributed by atoms with van der Waals surface area (Å²) in [6.45, 7) is 4.05. The van der Waals surface area contributed by atoms with Crippen LogP contribution in [0.2, 0.25) is 0 Å². The standard InChI is InChI=1S/C15H21NO3S/c1-2-18-13-4-3-12-15(13)19-7-6-16(12)14(17)9-11-5-8-20-10-11/h5,8,10,12-13,15H,2-4,6-7,9H2,1H3/t12-,13-,15-/m0/s1. The van der Waals surface area contributed by atoms with E-state index < -0.39 is 0 Å². The summed E-state index contributed by atoms with van der Waals surface area (Å²) in [5.41, 5.74) is 1.11. The van der Waals surface area contributed by atoms with Crippen molar-refractivity contribution in [2.24, 2.45) is 0 Å². The Labute approximate surface area is 123 Å². The summed E-state index contributed by atoms with van der Waals surface area (Å²) in [6.07, 6.45) is 2.71. The van der Waals surface area contributed by atoms with Gasteiger partial charge >= 0.3 is 0 Å². The van der Waals surface area contributed by atoms with Gasteiger partial charge in [0, 0.05) is 13.2 Å². The molecule has 1 saturated carbocycles. The van der Waals surface area contributed by atoms with Gasteiger partial charge in [0.2, 0.25) is 5.91 Å². The number of ether oxygens (including phenoxy) is 2. The van der Waals surface area contributed by atoms with Gasteiger partial charge in [0.05, 0.1) is 25.2 Å². The summed E-state index contributed by atoms with van der Waals surface area (Å²) in [5, 5.41) is 4.07. The maximum absolute atomic E-state index is 12.5. The lowest BCUT2D eigenvalue weighted by Gasteiger charge is -2.39. The Balaban J connectivity index is 1.66. The van der Waals surface area contributed by atoms with E-state index in [1.807, 2.05) is 28.7 Å². The summed E-state index contributed by atoms with van der Waals surface area (Å²) >= 11 is 1.64. The van der Waals surface area contributed by atoms with Crippen LogP contribution in [-0.4, -0.2) is 48.8 Å². The fourth-order valence-electron chi connectivity index (χ4n) is 3.29. The molecule has 0 bridgehead atoms. The van der Waals surface area contributed by atoms with Crippen molar-refractivity contribution in [3.05, 3.63) is 22.4 Å². The van der Waals surface area contributed by atoms with Crippen LogP contribution in [0, 0.1) is 0 Å². The van der Waals surface area contributed by atoms with Crippen molar-refractivity contribution >= 4 is 17.2 Å². The molecule has 110 valence electrons. The lowest BCUT2D eigenvalue weighted by Crippen LogP contribution is -2.54. The van der Waals surface area contributed by atoms with Gasteiger partial charge in [0.1, 0.15) is 6.10 Å². The zero-order valence-electron chi connectivity index (χ0n) is 11.8. The maximum Gasteiger partial charge on any atom is 0.227 e. The molecule has 1 saturated heterocycles. The molecule has 3 rings (SSSR count). The van der Waals surface area contributed by atoms with Gasteiger partial charge in [-0.1, -0.05) is 0 Å². The molecular formula is C15H21NO3S. The van der Waals surface area contributed by atoms with Gasteiger partial charge in [-0.2, -0.15) is 11.3 Å². The molecule has 2 fully saturated rings. The van der Waals surface area contributed by atoms with Crippen LogP contribution < -0.4 is 0 Å². The molecule has 1 aromatic rings. The molecule has 0 spiro atoms. The number of thiophene rings is 1. The molecule has 0 aromatic carbocycles. The van der Waals surface area contributed by atoms with Crippen molar-refractivity contribution in [1.29, 1.82) is 0 Å². The van der Waals surface area contributed by atoms with E-state index in [0.717, 1.165) is 18.4 Å². The van der Waals surface area contributed by atoms with Crippen molar-refractivity contribution < 1.29 is 14.3 Å². The Morgan fingerprint density at radius 3 is 3.20 bits per heavy atom. The van der Waals surface area contributed by atoms with E-state index in [1.165, 1.54) is 0 Å². The highest BCUT2D eigenvalue weighted by atomic mass is 32.1. The Morgan fingerprint density at radius 1 is 1.55 bits per heavy atom. The van der Waals surface area contributed by atoms with Crippen LogP contribution >= 0.6 is 11.3 Å². The molecule has 1 aliphatic heterocycles. The molecule has 0 unspecified atom stereocenters. The smallest absolute Gasteiger partial charge is 0.227 e. The average Bonchev–Trinajstić information content (AvgIpc) is 3.09. The molecule has 1 amide bonds. The van der Waals surface area contributed by atoms with E-state index >= 15 is 0 Å². The monoisotopic (exact) mass is 295 g/mol. The second-order valence-electron chi connectivity index (χ2n) is 5.37. The van der Waals surface area contributed by atoms with Crippen molar-refractivity contribution in [3.63, 3.8) is 0 Å². The maximum atomic E-state index is 12.5. The predicted molar refractivity (Wildman–Crippen MR) is 77.9 cm³/mol.